The van der Waals surface area contributed by atoms with Crippen molar-refractivity contribution in [1.82, 2.24) is 14.5 Å². The van der Waals surface area contributed by atoms with Gasteiger partial charge in [-0.15, -0.1) is 0 Å². The van der Waals surface area contributed by atoms with Crippen molar-refractivity contribution < 1.29 is 17.9 Å². The maximum Gasteiger partial charge on any atom is 0.246 e. The molecule has 1 amide bonds. The Morgan fingerprint density at radius 3 is 2.33 bits per heavy atom. The van der Waals surface area contributed by atoms with Crippen molar-refractivity contribution in [3.63, 3.8) is 0 Å². The van der Waals surface area contributed by atoms with Gasteiger partial charge < -0.3 is 15.0 Å². The van der Waals surface area contributed by atoms with Crippen LogP contribution in [0, 0.1) is 11.8 Å². The second-order valence-electron chi connectivity index (χ2n) is 11.0. The molecular formula is C29H38Cl3N3O4S. The van der Waals surface area contributed by atoms with E-state index >= 15 is 0 Å². The summed E-state index contributed by atoms with van der Waals surface area (Å²) < 4.78 is 33.7. The van der Waals surface area contributed by atoms with Gasteiger partial charge in [0.2, 0.25) is 15.9 Å². The van der Waals surface area contributed by atoms with Gasteiger partial charge in [-0.2, -0.15) is 4.31 Å². The molecule has 2 unspecified atom stereocenters. The maximum absolute atomic E-state index is 13.3. The lowest BCUT2D eigenvalue weighted by atomic mass is 9.76. The lowest BCUT2D eigenvalue weighted by Gasteiger charge is -2.37. The summed E-state index contributed by atoms with van der Waals surface area (Å²) in [5, 5.41) is 3.24. The number of nitrogens with zero attached hydrogens (tertiary/aromatic N) is 2. The SMILES string of the molecule is CN(C)C(c1ccccc1)C1CCC(CNC(=O)COCC2CCCN2S(=O)(=O)c2c(Cl)cc(Cl)cc2Cl)CC1. The Kier molecular flexibility index (Phi) is 11.2. The van der Waals surface area contributed by atoms with Crippen molar-refractivity contribution in [2.75, 3.05) is 40.4 Å². The number of hydrogen-bond donors (Lipinski definition) is 1. The molecule has 0 spiro atoms. The number of sulfonamides is 1. The van der Waals surface area contributed by atoms with E-state index in [4.69, 9.17) is 39.5 Å². The highest BCUT2D eigenvalue weighted by Crippen LogP contribution is 2.39. The van der Waals surface area contributed by atoms with E-state index in [0.29, 0.717) is 43.8 Å². The van der Waals surface area contributed by atoms with Gasteiger partial charge in [0.05, 0.1) is 16.7 Å². The van der Waals surface area contributed by atoms with Gasteiger partial charge in [-0.1, -0.05) is 65.1 Å². The molecule has 1 aliphatic heterocycles. The molecule has 7 nitrogen and oxygen atoms in total. The van der Waals surface area contributed by atoms with Gasteiger partial charge in [0.1, 0.15) is 11.5 Å². The van der Waals surface area contributed by atoms with Gasteiger partial charge in [0.25, 0.3) is 0 Å². The Morgan fingerprint density at radius 1 is 1.05 bits per heavy atom. The summed E-state index contributed by atoms with van der Waals surface area (Å²) >= 11 is 18.3. The van der Waals surface area contributed by atoms with Crippen molar-refractivity contribution >= 4 is 50.7 Å². The van der Waals surface area contributed by atoms with E-state index in [1.165, 1.54) is 22.0 Å². The first-order chi connectivity index (χ1) is 19.1. The normalized spacial score (nSPS) is 22.9. The molecule has 2 aromatic rings. The molecule has 2 aromatic carbocycles. The van der Waals surface area contributed by atoms with E-state index in [1.54, 1.807) is 0 Å². The summed E-state index contributed by atoms with van der Waals surface area (Å²) in [5.41, 5.74) is 1.36. The molecule has 1 N–H and O–H groups in total. The Balaban J connectivity index is 1.21. The van der Waals surface area contributed by atoms with Crippen LogP contribution in [0.2, 0.25) is 15.1 Å². The fraction of sp³-hybridized carbons (Fsp3) is 0.552. The Morgan fingerprint density at radius 2 is 1.70 bits per heavy atom. The predicted octanol–water partition coefficient (Wildman–Crippen LogP) is 6.04. The number of amides is 1. The van der Waals surface area contributed by atoms with Crippen molar-refractivity contribution in [2.24, 2.45) is 11.8 Å². The van der Waals surface area contributed by atoms with Crippen LogP contribution in [-0.4, -0.2) is 70.0 Å². The van der Waals surface area contributed by atoms with Crippen LogP contribution >= 0.6 is 34.8 Å². The first-order valence-corrected chi connectivity index (χ1v) is 16.4. The highest BCUT2D eigenvalue weighted by atomic mass is 35.5. The predicted molar refractivity (Wildman–Crippen MR) is 161 cm³/mol. The van der Waals surface area contributed by atoms with E-state index in [9.17, 15) is 13.2 Å². The van der Waals surface area contributed by atoms with Crippen LogP contribution < -0.4 is 5.32 Å². The summed E-state index contributed by atoms with van der Waals surface area (Å²) in [5.74, 6) is 0.854. The fourth-order valence-electron chi connectivity index (χ4n) is 6.13. The molecule has 2 aliphatic rings. The van der Waals surface area contributed by atoms with E-state index < -0.39 is 16.1 Å². The zero-order valence-electron chi connectivity index (χ0n) is 23.0. The lowest BCUT2D eigenvalue weighted by molar-refractivity contribution is -0.126. The van der Waals surface area contributed by atoms with Crippen LogP contribution in [0.1, 0.15) is 50.1 Å². The largest absolute Gasteiger partial charge is 0.370 e. The van der Waals surface area contributed by atoms with Crippen LogP contribution in [0.4, 0.5) is 0 Å². The highest BCUT2D eigenvalue weighted by Gasteiger charge is 2.38. The number of rotatable bonds is 11. The second kappa shape index (κ2) is 14.2. The zero-order valence-corrected chi connectivity index (χ0v) is 26.1. The minimum absolute atomic E-state index is 0.0187. The molecule has 2 atom stereocenters. The van der Waals surface area contributed by atoms with Gasteiger partial charge in [0.15, 0.2) is 0 Å². The van der Waals surface area contributed by atoms with Crippen molar-refractivity contribution in [2.45, 2.75) is 55.5 Å². The second-order valence-corrected chi connectivity index (χ2v) is 14.1. The summed E-state index contributed by atoms with van der Waals surface area (Å²) in [7, 11) is 0.342. The van der Waals surface area contributed by atoms with Gasteiger partial charge in [-0.3, -0.25) is 4.79 Å². The minimum Gasteiger partial charge on any atom is -0.370 e. The molecule has 1 heterocycles. The van der Waals surface area contributed by atoms with Gasteiger partial charge in [-0.25, -0.2) is 8.42 Å². The van der Waals surface area contributed by atoms with Gasteiger partial charge in [0, 0.05) is 30.2 Å². The number of ether oxygens (including phenoxy) is 1. The monoisotopic (exact) mass is 629 g/mol. The quantitative estimate of drug-likeness (QED) is 0.328. The van der Waals surface area contributed by atoms with Crippen LogP contribution in [0.25, 0.3) is 0 Å². The average Bonchev–Trinajstić information content (AvgIpc) is 3.38. The molecule has 0 radical (unpaired) electrons. The van der Waals surface area contributed by atoms with Crippen LogP contribution in [0.5, 0.6) is 0 Å². The summed E-state index contributed by atoms with van der Waals surface area (Å²) in [6, 6.07) is 13.4. The lowest BCUT2D eigenvalue weighted by Crippen LogP contribution is -2.40. The number of nitrogens with one attached hydrogen (secondary N) is 1. The number of carbonyl (C=O) groups excluding carboxylic acids is 1. The molecule has 0 bridgehead atoms. The fourth-order valence-corrected chi connectivity index (χ4v) is 9.31. The number of halogens is 3. The number of hydrogen-bond acceptors (Lipinski definition) is 5. The summed E-state index contributed by atoms with van der Waals surface area (Å²) in [6.45, 7) is 0.967. The maximum atomic E-state index is 13.3. The smallest absolute Gasteiger partial charge is 0.246 e. The molecular weight excluding hydrogens is 593 g/mol. The van der Waals surface area contributed by atoms with Crippen molar-refractivity contribution in [1.29, 1.82) is 0 Å². The van der Waals surface area contributed by atoms with Crippen LogP contribution in [0.15, 0.2) is 47.4 Å². The molecule has 1 saturated heterocycles. The molecule has 0 aromatic heterocycles. The topological polar surface area (TPSA) is 79.0 Å². The van der Waals surface area contributed by atoms with E-state index in [0.717, 1.165) is 25.7 Å². The Bertz CT molecular complexity index is 1230. The molecule has 4 rings (SSSR count). The van der Waals surface area contributed by atoms with E-state index in [-0.39, 0.29) is 39.1 Å². The first-order valence-electron chi connectivity index (χ1n) is 13.8. The molecule has 2 fully saturated rings. The van der Waals surface area contributed by atoms with Gasteiger partial charge >= 0.3 is 0 Å². The molecule has 1 aliphatic carbocycles. The molecule has 11 heteroatoms. The summed E-state index contributed by atoms with van der Waals surface area (Å²) in [4.78, 5) is 14.7. The van der Waals surface area contributed by atoms with Gasteiger partial charge in [-0.05, 0) is 82.2 Å². The third-order valence-electron chi connectivity index (χ3n) is 8.02. The third kappa shape index (κ3) is 7.71. The van der Waals surface area contributed by atoms with Crippen molar-refractivity contribution in [3.05, 3.63) is 63.1 Å². The Hall–Kier alpha value is -1.39. The molecule has 1 saturated carbocycles. The summed E-state index contributed by atoms with van der Waals surface area (Å²) in [6.07, 6.45) is 5.72. The number of carbonyl (C=O) groups is 1. The average molecular weight is 631 g/mol. The van der Waals surface area contributed by atoms with E-state index in [1.807, 2.05) is 0 Å². The highest BCUT2D eigenvalue weighted by molar-refractivity contribution is 7.89. The third-order valence-corrected chi connectivity index (χ3v) is 11.1. The first kappa shape index (κ1) is 31.5. The molecule has 40 heavy (non-hydrogen) atoms. The van der Waals surface area contributed by atoms with Crippen LogP contribution in [-0.2, 0) is 19.6 Å². The van der Waals surface area contributed by atoms with Crippen molar-refractivity contribution in [3.8, 4) is 0 Å². The number of benzene rings is 2. The molecule has 220 valence electrons. The minimum atomic E-state index is -3.95. The standard InChI is InChI=1S/C29H38Cl3N3O4S/c1-34(2)28(21-7-4-3-5-8-21)22-12-10-20(11-13-22)17-33-27(36)19-39-18-24-9-6-14-35(24)40(37,38)29-25(31)15-23(30)16-26(29)32/h3-5,7-8,15-16,20,22,24,28H,6,9-14,17-19H2,1-2H3,(H,33,36). The zero-order chi connectivity index (χ0) is 28.9. The van der Waals surface area contributed by atoms with Crippen LogP contribution in [0.3, 0.4) is 0 Å². The van der Waals surface area contributed by atoms with E-state index in [2.05, 4.69) is 54.6 Å². The Labute approximate surface area is 253 Å².